The van der Waals surface area contributed by atoms with Gasteiger partial charge in [-0.05, 0) is 24.3 Å². The summed E-state index contributed by atoms with van der Waals surface area (Å²) < 4.78 is 5.32. The van der Waals surface area contributed by atoms with Gasteiger partial charge in [-0.2, -0.15) is 0 Å². The van der Waals surface area contributed by atoms with Gasteiger partial charge in [0, 0.05) is 41.6 Å². The van der Waals surface area contributed by atoms with Crippen LogP contribution in [0.4, 0.5) is 11.5 Å². The lowest BCUT2D eigenvalue weighted by molar-refractivity contribution is -0.122. The molecule has 1 aromatic carbocycles. The van der Waals surface area contributed by atoms with Gasteiger partial charge in [0.25, 0.3) is 12.4 Å². The third-order valence-electron chi connectivity index (χ3n) is 4.21. The van der Waals surface area contributed by atoms with Crippen molar-refractivity contribution in [1.82, 2.24) is 14.9 Å². The molecule has 9 heteroatoms. The van der Waals surface area contributed by atoms with Gasteiger partial charge in [0.05, 0.1) is 24.3 Å². The summed E-state index contributed by atoms with van der Waals surface area (Å²) in [4.78, 5) is 30.6. The number of pyridine rings is 1. The topological polar surface area (TPSA) is 108 Å². The van der Waals surface area contributed by atoms with Crippen LogP contribution in [0.2, 0.25) is 5.02 Å². The largest absolute Gasteiger partial charge is 0.483 e. The van der Waals surface area contributed by atoms with E-state index in [9.17, 15) is 4.79 Å². The Morgan fingerprint density at radius 3 is 2.79 bits per heavy atom. The van der Waals surface area contributed by atoms with Crippen molar-refractivity contribution >= 4 is 46.4 Å². The molecule has 3 N–H and O–H groups in total. The first-order valence-electron chi connectivity index (χ1n) is 8.57. The van der Waals surface area contributed by atoms with Gasteiger partial charge in [-0.15, -0.1) is 0 Å². The molecule has 0 saturated carbocycles. The fourth-order valence-electron chi connectivity index (χ4n) is 2.95. The lowest BCUT2D eigenvalue weighted by Gasteiger charge is -2.27. The molecule has 1 saturated heterocycles. The molecule has 1 fully saturated rings. The van der Waals surface area contributed by atoms with Crippen LogP contribution in [0.3, 0.4) is 0 Å². The van der Waals surface area contributed by atoms with Gasteiger partial charge in [0.1, 0.15) is 5.82 Å². The van der Waals surface area contributed by atoms with E-state index >= 15 is 0 Å². The maximum absolute atomic E-state index is 12.8. The molecule has 8 nitrogen and oxygen atoms in total. The number of aromatic nitrogens is 2. The Balaban J connectivity index is 0.000000706. The van der Waals surface area contributed by atoms with Gasteiger partial charge in [0.15, 0.2) is 0 Å². The number of rotatable bonds is 3. The van der Waals surface area contributed by atoms with Crippen LogP contribution in [-0.2, 0) is 9.53 Å². The smallest absolute Gasteiger partial charge is 0.290 e. The number of hydrogen-bond acceptors (Lipinski definition) is 5. The van der Waals surface area contributed by atoms with Gasteiger partial charge < -0.3 is 25.0 Å². The second-order valence-electron chi connectivity index (χ2n) is 5.93. The van der Waals surface area contributed by atoms with Crippen molar-refractivity contribution in [3.63, 3.8) is 0 Å². The second kappa shape index (κ2) is 9.20. The number of nitrogens with zero attached hydrogens (tertiary/aromatic N) is 2. The summed E-state index contributed by atoms with van der Waals surface area (Å²) in [5, 5.41) is 11.7. The number of carbonyl (C=O) groups excluding carboxylic acids is 1. The van der Waals surface area contributed by atoms with Gasteiger partial charge in [-0.25, -0.2) is 4.98 Å². The molecular formula is C19H19ClN4O4. The quantitative estimate of drug-likeness (QED) is 0.581. The van der Waals surface area contributed by atoms with Gasteiger partial charge in [-0.1, -0.05) is 17.7 Å². The Bertz CT molecular complexity index is 969. The maximum Gasteiger partial charge on any atom is 0.290 e. The van der Waals surface area contributed by atoms with Crippen LogP contribution >= 0.6 is 11.6 Å². The molecule has 4 rings (SSSR count). The zero-order valence-electron chi connectivity index (χ0n) is 14.9. The molecule has 1 aliphatic heterocycles. The first-order chi connectivity index (χ1) is 13.6. The number of carboxylic acid groups (broad SMARTS) is 1. The molecular weight excluding hydrogens is 384 g/mol. The fraction of sp³-hybridized carbons (Fsp3) is 0.211. The Morgan fingerprint density at radius 2 is 2.07 bits per heavy atom. The van der Waals surface area contributed by atoms with Crippen molar-refractivity contribution in [3.05, 3.63) is 53.3 Å². The van der Waals surface area contributed by atoms with Crippen molar-refractivity contribution < 1.29 is 19.4 Å². The monoisotopic (exact) mass is 402 g/mol. The number of carbonyl (C=O) groups is 2. The summed E-state index contributed by atoms with van der Waals surface area (Å²) >= 11 is 6.03. The molecule has 0 aliphatic carbocycles. The number of morpholine rings is 1. The average Bonchev–Trinajstić information content (AvgIpc) is 3.19. The number of aromatic amines is 1. The Kier molecular flexibility index (Phi) is 6.46. The Hall–Kier alpha value is -3.10. The zero-order valence-corrected chi connectivity index (χ0v) is 15.6. The lowest BCUT2D eigenvalue weighted by atomic mass is 10.1. The minimum atomic E-state index is -0.250. The van der Waals surface area contributed by atoms with Crippen LogP contribution in [0.1, 0.15) is 10.4 Å². The number of anilines is 2. The van der Waals surface area contributed by atoms with E-state index in [2.05, 4.69) is 15.3 Å². The van der Waals surface area contributed by atoms with Crippen LogP contribution in [0, 0.1) is 0 Å². The van der Waals surface area contributed by atoms with Crippen molar-refractivity contribution in [2.45, 2.75) is 0 Å². The highest BCUT2D eigenvalue weighted by Crippen LogP contribution is 2.28. The summed E-state index contributed by atoms with van der Waals surface area (Å²) in [6, 6.07) is 9.34. The normalized spacial score (nSPS) is 13.5. The Labute approximate surface area is 166 Å². The van der Waals surface area contributed by atoms with E-state index in [1.54, 1.807) is 11.1 Å². The number of fused-ring (bicyclic) bond motifs is 1. The van der Waals surface area contributed by atoms with Crippen molar-refractivity contribution in [1.29, 1.82) is 0 Å². The average molecular weight is 403 g/mol. The standard InChI is InChI=1S/C18H17ClN4O2.CH2O2/c19-12-2-1-3-13(10-12)22-17-14-4-5-20-16(14)15(11-21-17)18(24)23-6-8-25-9-7-23;2-1-3/h1-5,10-11,20H,6-9H2,(H,21,22);1H,(H,2,3). The highest BCUT2D eigenvalue weighted by Gasteiger charge is 2.22. The van der Waals surface area contributed by atoms with Crippen molar-refractivity contribution in [2.24, 2.45) is 0 Å². The molecule has 3 heterocycles. The minimum Gasteiger partial charge on any atom is -0.483 e. The maximum atomic E-state index is 12.8. The van der Waals surface area contributed by atoms with Crippen LogP contribution < -0.4 is 5.32 Å². The van der Waals surface area contributed by atoms with Gasteiger partial charge in [-0.3, -0.25) is 9.59 Å². The minimum absolute atomic E-state index is 0.0300. The number of halogens is 1. The van der Waals surface area contributed by atoms with E-state index in [1.807, 2.05) is 36.5 Å². The molecule has 0 bridgehead atoms. The predicted molar refractivity (Wildman–Crippen MR) is 106 cm³/mol. The molecule has 0 spiro atoms. The van der Waals surface area contributed by atoms with E-state index in [-0.39, 0.29) is 12.4 Å². The van der Waals surface area contributed by atoms with Crippen molar-refractivity contribution in [2.75, 3.05) is 31.6 Å². The fourth-order valence-corrected chi connectivity index (χ4v) is 3.14. The third-order valence-corrected chi connectivity index (χ3v) is 4.45. The van der Waals surface area contributed by atoms with Crippen LogP contribution in [-0.4, -0.2) is 58.7 Å². The van der Waals surface area contributed by atoms with Gasteiger partial charge >= 0.3 is 0 Å². The molecule has 146 valence electrons. The predicted octanol–water partition coefficient (Wildman–Crippen LogP) is 3.13. The van der Waals surface area contributed by atoms with Gasteiger partial charge in [0.2, 0.25) is 0 Å². The van der Waals surface area contributed by atoms with E-state index in [4.69, 9.17) is 26.2 Å². The summed E-state index contributed by atoms with van der Waals surface area (Å²) in [5.74, 6) is 0.648. The summed E-state index contributed by atoms with van der Waals surface area (Å²) in [6.45, 7) is 2.09. The molecule has 1 amide bonds. The first-order valence-corrected chi connectivity index (χ1v) is 8.95. The Morgan fingerprint density at radius 1 is 1.32 bits per heavy atom. The number of nitrogens with one attached hydrogen (secondary N) is 2. The van der Waals surface area contributed by atoms with E-state index in [0.29, 0.717) is 42.7 Å². The molecule has 1 aliphatic rings. The SMILES string of the molecule is O=C(c1cnc(Nc2cccc(Cl)c2)c2cc[nH]c12)N1CCOCC1.O=CO. The van der Waals surface area contributed by atoms with Crippen LogP contribution in [0.15, 0.2) is 42.7 Å². The number of hydrogen-bond donors (Lipinski definition) is 3. The molecule has 0 atom stereocenters. The molecule has 0 radical (unpaired) electrons. The van der Waals surface area contributed by atoms with Crippen LogP contribution in [0.25, 0.3) is 10.9 Å². The molecule has 28 heavy (non-hydrogen) atoms. The van der Waals surface area contributed by atoms with E-state index < -0.39 is 0 Å². The second-order valence-corrected chi connectivity index (χ2v) is 6.37. The zero-order chi connectivity index (χ0) is 19.9. The number of benzene rings is 1. The van der Waals surface area contributed by atoms with Crippen molar-refractivity contribution in [3.8, 4) is 0 Å². The summed E-state index contributed by atoms with van der Waals surface area (Å²) in [7, 11) is 0. The highest BCUT2D eigenvalue weighted by molar-refractivity contribution is 6.30. The third kappa shape index (κ3) is 4.41. The molecule has 3 aromatic rings. The van der Waals surface area contributed by atoms with E-state index in [1.165, 1.54) is 0 Å². The summed E-state index contributed by atoms with van der Waals surface area (Å²) in [6.07, 6.45) is 3.43. The van der Waals surface area contributed by atoms with E-state index in [0.717, 1.165) is 16.6 Å². The highest BCUT2D eigenvalue weighted by atomic mass is 35.5. The summed E-state index contributed by atoms with van der Waals surface area (Å²) in [5.41, 5.74) is 2.18. The number of amides is 1. The lowest BCUT2D eigenvalue weighted by Crippen LogP contribution is -2.40. The number of ether oxygens (including phenoxy) is 1. The molecule has 0 unspecified atom stereocenters. The molecule has 2 aromatic heterocycles. The van der Waals surface area contributed by atoms with Crippen LogP contribution in [0.5, 0.6) is 0 Å². The number of H-pyrrole nitrogens is 1. The first kappa shape index (κ1) is 19.7.